The lowest BCUT2D eigenvalue weighted by atomic mass is 9.85. The molecule has 0 saturated heterocycles. The predicted molar refractivity (Wildman–Crippen MR) is 143 cm³/mol. The van der Waals surface area contributed by atoms with Crippen LogP contribution in [-0.4, -0.2) is 45.6 Å². The number of aryl methyl sites for hydroxylation is 1. The molecule has 0 fully saturated rings. The number of nitrogens with zero attached hydrogens (tertiary/aromatic N) is 2. The molecule has 3 amide bonds. The third-order valence-corrected chi connectivity index (χ3v) is 6.10. The summed E-state index contributed by atoms with van der Waals surface area (Å²) >= 11 is 0. The summed E-state index contributed by atoms with van der Waals surface area (Å²) in [6.45, 7) is 5.48. The fraction of sp³-hybridized carbons (Fsp3) is 0.310. The van der Waals surface area contributed by atoms with Gasteiger partial charge in [-0.05, 0) is 53.5 Å². The smallest absolute Gasteiger partial charge is 0.247 e. The van der Waals surface area contributed by atoms with E-state index in [1.807, 2.05) is 63.2 Å². The van der Waals surface area contributed by atoms with Crippen molar-refractivity contribution < 1.29 is 19.6 Å². The average molecular weight is 503 g/mol. The summed E-state index contributed by atoms with van der Waals surface area (Å²) in [6.07, 6.45) is 4.76. The van der Waals surface area contributed by atoms with Gasteiger partial charge in [0.05, 0.1) is 0 Å². The number of pyridine rings is 1. The first-order valence-corrected chi connectivity index (χ1v) is 12.3. The highest BCUT2D eigenvalue weighted by molar-refractivity contribution is 5.98. The fourth-order valence-corrected chi connectivity index (χ4v) is 4.01. The van der Waals surface area contributed by atoms with Gasteiger partial charge in [-0.2, -0.15) is 0 Å². The fourth-order valence-electron chi connectivity index (χ4n) is 4.01. The van der Waals surface area contributed by atoms with Gasteiger partial charge in [0.15, 0.2) is 0 Å². The van der Waals surface area contributed by atoms with E-state index in [9.17, 15) is 19.6 Å². The molecule has 0 unspecified atom stereocenters. The maximum absolute atomic E-state index is 13.1. The number of hydrogen-bond donors (Lipinski definition) is 3. The Balaban J connectivity index is 1.63. The predicted octanol–water partition coefficient (Wildman–Crippen LogP) is 4.46. The van der Waals surface area contributed by atoms with Gasteiger partial charge in [0, 0.05) is 18.1 Å². The summed E-state index contributed by atoms with van der Waals surface area (Å²) in [6, 6.07) is 19.5. The molecule has 3 aromatic rings. The van der Waals surface area contributed by atoms with Gasteiger partial charge in [-0.25, -0.2) is 5.06 Å². The second-order valence-electron chi connectivity index (χ2n) is 9.99. The van der Waals surface area contributed by atoms with E-state index in [2.05, 4.69) is 27.8 Å². The maximum atomic E-state index is 13.1. The summed E-state index contributed by atoms with van der Waals surface area (Å²) in [5.74, 6) is -1.00. The van der Waals surface area contributed by atoms with Gasteiger partial charge < -0.3 is 10.6 Å². The molecule has 3 rings (SSSR count). The Hall–Kier alpha value is -4.04. The van der Waals surface area contributed by atoms with Crippen LogP contribution in [0, 0.1) is 5.41 Å². The van der Waals surface area contributed by atoms with Crippen molar-refractivity contribution in [2.45, 2.75) is 52.1 Å². The lowest BCUT2D eigenvalue weighted by Gasteiger charge is -2.32. The van der Waals surface area contributed by atoms with E-state index in [1.165, 1.54) is 0 Å². The minimum Gasteiger partial charge on any atom is -0.342 e. The number of hydroxylamine groups is 2. The largest absolute Gasteiger partial charge is 0.342 e. The highest BCUT2D eigenvalue weighted by Crippen LogP contribution is 2.23. The summed E-state index contributed by atoms with van der Waals surface area (Å²) in [4.78, 5) is 41.4. The summed E-state index contributed by atoms with van der Waals surface area (Å²) in [5, 5.41) is 16.0. The van der Waals surface area contributed by atoms with Crippen molar-refractivity contribution in [3.8, 4) is 11.1 Å². The molecule has 1 heterocycles. The molecule has 0 bridgehead atoms. The normalized spacial score (nSPS) is 12.8. The van der Waals surface area contributed by atoms with Crippen molar-refractivity contribution >= 4 is 23.9 Å². The van der Waals surface area contributed by atoms with E-state index < -0.39 is 29.3 Å². The van der Waals surface area contributed by atoms with Gasteiger partial charge in [0.1, 0.15) is 12.1 Å². The van der Waals surface area contributed by atoms with Crippen molar-refractivity contribution in [1.82, 2.24) is 15.4 Å². The van der Waals surface area contributed by atoms with E-state index in [1.54, 1.807) is 24.5 Å². The molecule has 0 spiro atoms. The lowest BCUT2D eigenvalue weighted by molar-refractivity contribution is -0.168. The van der Waals surface area contributed by atoms with E-state index >= 15 is 0 Å². The average Bonchev–Trinajstić information content (AvgIpc) is 2.90. The number of carbonyl (C=O) groups excluding carboxylic acids is 3. The number of benzene rings is 2. The van der Waals surface area contributed by atoms with Crippen LogP contribution in [0.5, 0.6) is 0 Å². The molecule has 0 aliphatic heterocycles. The highest BCUT2D eigenvalue weighted by Gasteiger charge is 2.35. The Morgan fingerprint density at radius 2 is 1.57 bits per heavy atom. The Kier molecular flexibility index (Phi) is 9.51. The molecule has 0 aliphatic rings. The third kappa shape index (κ3) is 7.98. The second-order valence-corrected chi connectivity index (χ2v) is 9.99. The minimum atomic E-state index is -1.13. The van der Waals surface area contributed by atoms with Crippen LogP contribution >= 0.6 is 0 Å². The number of aromatic nitrogens is 1. The molecular weight excluding hydrogens is 468 g/mol. The summed E-state index contributed by atoms with van der Waals surface area (Å²) in [7, 11) is 0. The molecule has 0 aliphatic carbocycles. The molecular formula is C29H34N4O4. The van der Waals surface area contributed by atoms with E-state index in [-0.39, 0.29) is 12.8 Å². The molecule has 37 heavy (non-hydrogen) atoms. The van der Waals surface area contributed by atoms with E-state index in [0.717, 1.165) is 16.7 Å². The molecule has 3 N–H and O–H groups in total. The summed E-state index contributed by atoms with van der Waals surface area (Å²) < 4.78 is 0. The van der Waals surface area contributed by atoms with E-state index in [0.29, 0.717) is 23.6 Å². The number of hydrogen-bond acceptors (Lipinski definition) is 5. The molecule has 0 radical (unpaired) electrons. The minimum absolute atomic E-state index is 0.210. The monoisotopic (exact) mass is 502 g/mol. The molecule has 8 heteroatoms. The van der Waals surface area contributed by atoms with Gasteiger partial charge in [-0.1, -0.05) is 75.4 Å². The molecule has 2 atom stereocenters. The SMILES string of the molecule is CC(C)(C)[C@H](NC(=O)[C@H](CCCc1ccc(-c2ccccc2)cc1)N(O)C=O)C(=O)Nc1ccncc1. The highest BCUT2D eigenvalue weighted by atomic mass is 16.5. The molecule has 0 saturated carbocycles. The molecule has 2 aromatic carbocycles. The van der Waals surface area contributed by atoms with Crippen molar-refractivity contribution in [2.75, 3.05) is 5.32 Å². The van der Waals surface area contributed by atoms with Gasteiger partial charge in [-0.3, -0.25) is 24.6 Å². The van der Waals surface area contributed by atoms with Crippen LogP contribution in [0.3, 0.4) is 0 Å². The zero-order valence-electron chi connectivity index (χ0n) is 21.4. The van der Waals surface area contributed by atoms with Crippen molar-refractivity contribution in [2.24, 2.45) is 5.41 Å². The van der Waals surface area contributed by atoms with Crippen molar-refractivity contribution in [1.29, 1.82) is 0 Å². The van der Waals surface area contributed by atoms with Gasteiger partial charge in [0.2, 0.25) is 18.2 Å². The third-order valence-electron chi connectivity index (χ3n) is 6.10. The van der Waals surface area contributed by atoms with Crippen LogP contribution in [0.4, 0.5) is 5.69 Å². The number of rotatable bonds is 11. The van der Waals surface area contributed by atoms with Crippen LogP contribution in [0.25, 0.3) is 11.1 Å². The number of nitrogens with one attached hydrogen (secondary N) is 2. The van der Waals surface area contributed by atoms with Crippen LogP contribution in [0.15, 0.2) is 79.1 Å². The standard InChI is InChI=1S/C29H34N4O4/c1-29(2,3)26(28(36)31-24-16-18-30-19-17-24)32-27(35)25(33(37)20-34)11-7-8-21-12-14-23(15-13-21)22-9-5-4-6-10-22/h4-6,9-10,12-20,25-26,37H,7-8,11H2,1-3H3,(H,32,35)(H,30,31,36)/t25-,26+/m0/s1. The summed E-state index contributed by atoms with van der Waals surface area (Å²) in [5.41, 5.74) is 3.25. The number of carbonyl (C=O) groups is 3. The molecule has 8 nitrogen and oxygen atoms in total. The van der Waals surface area contributed by atoms with Gasteiger partial charge >= 0.3 is 0 Å². The van der Waals surface area contributed by atoms with Crippen LogP contribution in [0.2, 0.25) is 0 Å². The lowest BCUT2D eigenvalue weighted by Crippen LogP contribution is -2.56. The maximum Gasteiger partial charge on any atom is 0.247 e. The van der Waals surface area contributed by atoms with Crippen LogP contribution < -0.4 is 10.6 Å². The Bertz CT molecular complexity index is 1160. The van der Waals surface area contributed by atoms with E-state index in [4.69, 9.17) is 0 Å². The Labute approximate surface area is 217 Å². The zero-order valence-corrected chi connectivity index (χ0v) is 21.4. The quantitative estimate of drug-likeness (QED) is 0.204. The van der Waals surface area contributed by atoms with Crippen LogP contribution in [-0.2, 0) is 20.8 Å². The number of amides is 3. The Morgan fingerprint density at radius 3 is 2.16 bits per heavy atom. The first kappa shape index (κ1) is 27.5. The van der Waals surface area contributed by atoms with Crippen molar-refractivity contribution in [3.05, 3.63) is 84.7 Å². The van der Waals surface area contributed by atoms with Crippen LogP contribution in [0.1, 0.15) is 39.2 Å². The molecule has 194 valence electrons. The van der Waals surface area contributed by atoms with Gasteiger partial charge in [0.25, 0.3) is 0 Å². The number of anilines is 1. The van der Waals surface area contributed by atoms with Gasteiger partial charge in [-0.15, -0.1) is 0 Å². The zero-order chi connectivity index (χ0) is 26.8. The molecule has 1 aromatic heterocycles. The second kappa shape index (κ2) is 12.8. The Morgan fingerprint density at radius 1 is 0.946 bits per heavy atom. The first-order chi connectivity index (χ1) is 17.7. The first-order valence-electron chi connectivity index (χ1n) is 12.3. The topological polar surface area (TPSA) is 112 Å². The van der Waals surface area contributed by atoms with Crippen molar-refractivity contribution in [3.63, 3.8) is 0 Å².